The minimum absolute atomic E-state index is 0.00775. The van der Waals surface area contributed by atoms with Gasteiger partial charge in [-0.3, -0.25) is 14.9 Å². The van der Waals surface area contributed by atoms with Crippen molar-refractivity contribution < 1.29 is 9.72 Å². The van der Waals surface area contributed by atoms with Crippen molar-refractivity contribution in [1.29, 1.82) is 0 Å². The molecule has 1 aliphatic rings. The van der Waals surface area contributed by atoms with E-state index in [0.717, 1.165) is 25.9 Å². The summed E-state index contributed by atoms with van der Waals surface area (Å²) in [6, 6.07) is 5.81. The highest BCUT2D eigenvalue weighted by Crippen LogP contribution is 2.26. The van der Waals surface area contributed by atoms with Gasteiger partial charge in [0.1, 0.15) is 0 Å². The van der Waals surface area contributed by atoms with Crippen LogP contribution in [0.15, 0.2) is 24.3 Å². The van der Waals surface area contributed by atoms with Crippen LogP contribution in [-0.4, -0.2) is 33.6 Å². The number of nitrogens with zero attached hydrogens (tertiary/aromatic N) is 2. The topological polar surface area (TPSA) is 63.5 Å². The van der Waals surface area contributed by atoms with E-state index in [1.165, 1.54) is 24.3 Å². The van der Waals surface area contributed by atoms with Gasteiger partial charge >= 0.3 is 0 Å². The second-order valence-corrected chi connectivity index (χ2v) is 6.56. The molecule has 6 heteroatoms. The van der Waals surface area contributed by atoms with Crippen molar-refractivity contribution in [2.24, 2.45) is 5.92 Å². The molecule has 1 aromatic rings. The first-order valence-electron chi connectivity index (χ1n) is 6.67. The van der Waals surface area contributed by atoms with E-state index >= 15 is 0 Å². The van der Waals surface area contributed by atoms with Gasteiger partial charge in [0.15, 0.2) is 0 Å². The number of carbonyl (C=O) groups excluding carboxylic acids is 1. The molecular weight excluding hydrogens is 324 g/mol. The van der Waals surface area contributed by atoms with Gasteiger partial charge in [-0.05, 0) is 30.9 Å². The highest BCUT2D eigenvalue weighted by atomic mass is 79.9. The summed E-state index contributed by atoms with van der Waals surface area (Å²) < 4.78 is 0. The fourth-order valence-electron chi connectivity index (χ4n) is 2.47. The number of benzene rings is 1. The molecule has 1 heterocycles. The van der Waals surface area contributed by atoms with Gasteiger partial charge in [-0.15, -0.1) is 0 Å². The predicted octanol–water partition coefficient (Wildman–Crippen LogP) is 3.23. The minimum atomic E-state index is -0.461. The Morgan fingerprint density at radius 2 is 1.90 bits per heavy atom. The molecule has 1 aliphatic heterocycles. The Bertz CT molecular complexity index is 494. The number of carbonyl (C=O) groups is 1. The number of piperidine rings is 1. The molecule has 5 nitrogen and oxygen atoms in total. The number of amides is 1. The molecule has 2 rings (SSSR count). The number of non-ortho nitro benzene ring substituents is 1. The molecule has 1 saturated heterocycles. The summed E-state index contributed by atoms with van der Waals surface area (Å²) in [6.07, 6.45) is 1.98. The third-order valence-electron chi connectivity index (χ3n) is 3.80. The molecule has 0 saturated carbocycles. The standard InChI is InChI=1S/C14H17BrN2O3/c1-10(15)11-6-8-16(9-7-11)14(18)12-2-4-13(5-3-12)17(19)20/h2-5,10-11H,6-9H2,1H3. The number of hydrogen-bond donors (Lipinski definition) is 0. The van der Waals surface area contributed by atoms with Crippen molar-refractivity contribution in [3.05, 3.63) is 39.9 Å². The molecule has 0 aliphatic carbocycles. The normalized spacial score (nSPS) is 17.8. The van der Waals surface area contributed by atoms with Gasteiger partial charge in [-0.25, -0.2) is 0 Å². The predicted molar refractivity (Wildman–Crippen MR) is 80.1 cm³/mol. The quantitative estimate of drug-likeness (QED) is 0.482. The second-order valence-electron chi connectivity index (χ2n) is 5.11. The maximum absolute atomic E-state index is 12.3. The summed E-state index contributed by atoms with van der Waals surface area (Å²) >= 11 is 3.59. The molecule has 1 atom stereocenters. The summed E-state index contributed by atoms with van der Waals surface area (Å²) in [5.74, 6) is 0.566. The Morgan fingerprint density at radius 3 is 2.35 bits per heavy atom. The van der Waals surface area contributed by atoms with Crippen molar-refractivity contribution >= 4 is 27.5 Å². The maximum Gasteiger partial charge on any atom is 0.269 e. The Morgan fingerprint density at radius 1 is 1.35 bits per heavy atom. The van der Waals surface area contributed by atoms with Crippen molar-refractivity contribution in [2.45, 2.75) is 24.6 Å². The van der Waals surface area contributed by atoms with Gasteiger partial charge < -0.3 is 4.90 Å². The largest absolute Gasteiger partial charge is 0.339 e. The number of rotatable bonds is 3. The molecule has 0 N–H and O–H groups in total. The lowest BCUT2D eigenvalue weighted by atomic mass is 9.94. The molecule has 0 spiro atoms. The molecule has 0 aromatic heterocycles. The van der Waals surface area contributed by atoms with E-state index in [9.17, 15) is 14.9 Å². The number of alkyl halides is 1. The van der Waals surface area contributed by atoms with Gasteiger partial charge in [0.25, 0.3) is 11.6 Å². The lowest BCUT2D eigenvalue weighted by Gasteiger charge is -2.33. The van der Waals surface area contributed by atoms with Crippen LogP contribution < -0.4 is 0 Å². The van der Waals surface area contributed by atoms with Crippen LogP contribution in [0.2, 0.25) is 0 Å². The fourth-order valence-corrected chi connectivity index (χ4v) is 3.00. The summed E-state index contributed by atoms with van der Waals surface area (Å²) in [4.78, 5) is 24.7. The Hall–Kier alpha value is -1.43. The van der Waals surface area contributed by atoms with E-state index < -0.39 is 4.92 Å². The second kappa shape index (κ2) is 6.35. The monoisotopic (exact) mass is 340 g/mol. The number of nitro benzene ring substituents is 1. The third kappa shape index (κ3) is 3.36. The minimum Gasteiger partial charge on any atom is -0.339 e. The summed E-state index contributed by atoms with van der Waals surface area (Å²) in [6.45, 7) is 3.63. The smallest absolute Gasteiger partial charge is 0.269 e. The Labute approximate surface area is 126 Å². The molecule has 108 valence electrons. The first-order valence-corrected chi connectivity index (χ1v) is 7.58. The maximum atomic E-state index is 12.3. The highest BCUT2D eigenvalue weighted by Gasteiger charge is 2.25. The summed E-state index contributed by atoms with van der Waals surface area (Å²) in [5, 5.41) is 10.6. The molecule has 20 heavy (non-hydrogen) atoms. The summed E-state index contributed by atoms with van der Waals surface area (Å²) in [5.41, 5.74) is 0.523. The van der Waals surface area contributed by atoms with Crippen LogP contribution in [-0.2, 0) is 0 Å². The van der Waals surface area contributed by atoms with Crippen molar-refractivity contribution in [2.75, 3.05) is 13.1 Å². The van der Waals surface area contributed by atoms with Crippen LogP contribution in [0.5, 0.6) is 0 Å². The molecule has 1 unspecified atom stereocenters. The van der Waals surface area contributed by atoms with E-state index in [1.54, 1.807) is 0 Å². The molecule has 0 bridgehead atoms. The molecule has 1 aromatic carbocycles. The third-order valence-corrected chi connectivity index (χ3v) is 4.55. The average molecular weight is 341 g/mol. The van der Waals surface area contributed by atoms with E-state index in [4.69, 9.17) is 0 Å². The van der Waals surface area contributed by atoms with Crippen LogP contribution in [0.3, 0.4) is 0 Å². The highest BCUT2D eigenvalue weighted by molar-refractivity contribution is 9.09. The number of hydrogen-bond acceptors (Lipinski definition) is 3. The number of likely N-dealkylation sites (tertiary alicyclic amines) is 1. The van der Waals surface area contributed by atoms with E-state index in [2.05, 4.69) is 22.9 Å². The SMILES string of the molecule is CC(Br)C1CCN(C(=O)c2ccc([N+](=O)[O-])cc2)CC1. The summed E-state index contributed by atoms with van der Waals surface area (Å²) in [7, 11) is 0. The average Bonchev–Trinajstić information content (AvgIpc) is 2.46. The van der Waals surface area contributed by atoms with Crippen molar-refractivity contribution in [3.63, 3.8) is 0 Å². The molecule has 1 fully saturated rings. The molecule has 0 radical (unpaired) electrons. The Balaban J connectivity index is 2.00. The fraction of sp³-hybridized carbons (Fsp3) is 0.500. The van der Waals surface area contributed by atoms with Gasteiger partial charge in [-0.2, -0.15) is 0 Å². The zero-order valence-corrected chi connectivity index (χ0v) is 12.9. The van der Waals surface area contributed by atoms with Crippen molar-refractivity contribution in [3.8, 4) is 0 Å². The van der Waals surface area contributed by atoms with Gasteiger partial charge in [0, 0.05) is 35.6 Å². The van der Waals surface area contributed by atoms with Crippen LogP contribution in [0.4, 0.5) is 5.69 Å². The first-order chi connectivity index (χ1) is 9.49. The molecule has 1 amide bonds. The van der Waals surface area contributed by atoms with Gasteiger partial charge in [0.2, 0.25) is 0 Å². The zero-order valence-electron chi connectivity index (χ0n) is 11.3. The lowest BCUT2D eigenvalue weighted by molar-refractivity contribution is -0.384. The van der Waals surface area contributed by atoms with Crippen LogP contribution >= 0.6 is 15.9 Å². The van der Waals surface area contributed by atoms with Crippen LogP contribution in [0.1, 0.15) is 30.1 Å². The lowest BCUT2D eigenvalue weighted by Crippen LogP contribution is -2.39. The number of nitro groups is 1. The van der Waals surface area contributed by atoms with E-state index in [1.807, 2.05) is 4.90 Å². The van der Waals surface area contributed by atoms with E-state index in [-0.39, 0.29) is 11.6 Å². The number of halogens is 1. The van der Waals surface area contributed by atoms with Gasteiger partial charge in [0.05, 0.1) is 4.92 Å². The first kappa shape index (κ1) is 15.0. The van der Waals surface area contributed by atoms with Crippen LogP contribution in [0, 0.1) is 16.0 Å². The van der Waals surface area contributed by atoms with E-state index in [0.29, 0.717) is 16.3 Å². The Kier molecular flexibility index (Phi) is 4.75. The van der Waals surface area contributed by atoms with Crippen molar-refractivity contribution in [1.82, 2.24) is 4.90 Å². The zero-order chi connectivity index (χ0) is 14.7. The molecular formula is C14H17BrN2O3. The van der Waals surface area contributed by atoms with Crippen LogP contribution in [0.25, 0.3) is 0 Å². The van der Waals surface area contributed by atoms with Gasteiger partial charge in [-0.1, -0.05) is 22.9 Å².